The molecule has 1 heterocycles. The molecule has 1 aromatic carbocycles. The van der Waals surface area contributed by atoms with Crippen LogP contribution in [0.15, 0.2) is 27.6 Å². The van der Waals surface area contributed by atoms with E-state index in [1.165, 1.54) is 19.2 Å². The first-order valence-electron chi connectivity index (χ1n) is 4.86. The monoisotopic (exact) mass is 288 g/mol. The number of ether oxygens (including phenoxy) is 1. The van der Waals surface area contributed by atoms with E-state index in [4.69, 9.17) is 19.9 Å². The molecule has 0 radical (unpaired) electrons. The molecule has 0 N–H and O–H groups in total. The third kappa shape index (κ3) is 2.32. The summed E-state index contributed by atoms with van der Waals surface area (Å²) < 4.78 is 33.0. The van der Waals surface area contributed by atoms with Crippen molar-refractivity contribution in [2.45, 2.75) is 11.8 Å². The number of rotatable bonds is 3. The summed E-state index contributed by atoms with van der Waals surface area (Å²) >= 11 is 0. The molecule has 2 rings (SSSR count). The van der Waals surface area contributed by atoms with Crippen molar-refractivity contribution in [1.29, 1.82) is 0 Å². The maximum absolute atomic E-state index is 11.5. The van der Waals surface area contributed by atoms with Crippen LogP contribution in [0, 0.1) is 6.92 Å². The zero-order chi connectivity index (χ0) is 13.3. The van der Waals surface area contributed by atoms with Crippen molar-refractivity contribution in [3.8, 4) is 17.1 Å². The summed E-state index contributed by atoms with van der Waals surface area (Å²) in [6.07, 6.45) is 0. The maximum atomic E-state index is 11.5. The quantitative estimate of drug-likeness (QED) is 0.803. The van der Waals surface area contributed by atoms with Gasteiger partial charge in [0.05, 0.1) is 17.6 Å². The van der Waals surface area contributed by atoms with Crippen molar-refractivity contribution in [3.05, 3.63) is 24.1 Å². The molecule has 0 saturated carbocycles. The summed E-state index contributed by atoms with van der Waals surface area (Å²) in [5.41, 5.74) is 0.187. The van der Waals surface area contributed by atoms with Crippen molar-refractivity contribution in [3.63, 3.8) is 0 Å². The molecule has 0 bridgehead atoms. The Labute approximate surface area is 108 Å². The fraction of sp³-hybridized carbons (Fsp3) is 0.200. The molecule has 0 spiro atoms. The Kier molecular flexibility index (Phi) is 3.27. The third-order valence-corrected chi connectivity index (χ3v) is 3.59. The van der Waals surface area contributed by atoms with Crippen molar-refractivity contribution in [2.75, 3.05) is 7.11 Å². The minimum atomic E-state index is -3.93. The van der Waals surface area contributed by atoms with Crippen molar-refractivity contribution >= 4 is 19.7 Å². The number of hydrogen-bond acceptors (Lipinski definition) is 6. The number of aryl methyl sites for hydroxylation is 1. The molecule has 96 valence electrons. The zero-order valence-corrected chi connectivity index (χ0v) is 11.1. The number of methoxy groups -OCH3 is 1. The smallest absolute Gasteiger partial charge is 0.262 e. The van der Waals surface area contributed by atoms with Crippen molar-refractivity contribution < 1.29 is 17.7 Å². The predicted molar refractivity (Wildman–Crippen MR) is 64.1 cm³/mol. The number of halogens is 1. The van der Waals surface area contributed by atoms with E-state index in [0.29, 0.717) is 11.6 Å². The van der Waals surface area contributed by atoms with Gasteiger partial charge < -0.3 is 9.26 Å². The van der Waals surface area contributed by atoms with Gasteiger partial charge in [-0.3, -0.25) is 0 Å². The van der Waals surface area contributed by atoms with E-state index in [1.54, 1.807) is 13.0 Å². The van der Waals surface area contributed by atoms with Gasteiger partial charge in [-0.05, 0) is 12.1 Å². The molecule has 1 aromatic heterocycles. The lowest BCUT2D eigenvalue weighted by Crippen LogP contribution is -1.99. The second kappa shape index (κ2) is 4.58. The van der Waals surface area contributed by atoms with Gasteiger partial charge in [0.25, 0.3) is 9.05 Å². The summed E-state index contributed by atoms with van der Waals surface area (Å²) in [7, 11) is 2.86. The van der Waals surface area contributed by atoms with Crippen LogP contribution in [-0.2, 0) is 9.05 Å². The van der Waals surface area contributed by atoms with E-state index in [1.807, 2.05) is 0 Å². The molecular formula is C10H9ClN2O4S. The van der Waals surface area contributed by atoms with Gasteiger partial charge in [0.1, 0.15) is 5.75 Å². The van der Waals surface area contributed by atoms with Crippen LogP contribution in [0.5, 0.6) is 5.75 Å². The average Bonchev–Trinajstić information content (AvgIpc) is 2.73. The largest absolute Gasteiger partial charge is 0.496 e. The lowest BCUT2D eigenvalue weighted by Gasteiger charge is -2.08. The molecule has 0 unspecified atom stereocenters. The molecule has 0 aliphatic heterocycles. The van der Waals surface area contributed by atoms with Crippen molar-refractivity contribution in [1.82, 2.24) is 10.1 Å². The van der Waals surface area contributed by atoms with E-state index in [2.05, 4.69) is 10.1 Å². The Balaban J connectivity index is 2.78. The summed E-state index contributed by atoms with van der Waals surface area (Å²) in [4.78, 5) is 3.86. The fourth-order valence-corrected chi connectivity index (χ4v) is 2.57. The van der Waals surface area contributed by atoms with Gasteiger partial charge in [-0.15, -0.1) is 0 Å². The number of benzene rings is 1. The van der Waals surface area contributed by atoms with Gasteiger partial charge in [-0.2, -0.15) is 4.98 Å². The van der Waals surface area contributed by atoms with Crippen LogP contribution in [0.4, 0.5) is 0 Å². The highest BCUT2D eigenvalue weighted by Crippen LogP contribution is 2.35. The minimum absolute atomic E-state index is 0.115. The van der Waals surface area contributed by atoms with Crippen LogP contribution in [-0.4, -0.2) is 25.7 Å². The van der Waals surface area contributed by atoms with Gasteiger partial charge in [0.15, 0.2) is 0 Å². The molecule has 0 saturated heterocycles. The number of nitrogens with zero attached hydrogens (tertiary/aromatic N) is 2. The third-order valence-electron chi connectivity index (χ3n) is 2.22. The molecule has 6 nitrogen and oxygen atoms in total. The highest BCUT2D eigenvalue weighted by molar-refractivity contribution is 8.13. The second-order valence-corrected chi connectivity index (χ2v) is 5.94. The first-order valence-corrected chi connectivity index (χ1v) is 7.17. The van der Waals surface area contributed by atoms with Gasteiger partial charge in [-0.25, -0.2) is 8.42 Å². The first-order chi connectivity index (χ1) is 8.43. The summed E-state index contributed by atoms with van der Waals surface area (Å²) in [5.74, 6) is 0.732. The first kappa shape index (κ1) is 12.8. The fourth-order valence-electron chi connectivity index (χ4n) is 1.51. The van der Waals surface area contributed by atoms with Gasteiger partial charge in [0, 0.05) is 17.6 Å². The Morgan fingerprint density at radius 1 is 1.39 bits per heavy atom. The lowest BCUT2D eigenvalue weighted by molar-refractivity contribution is 0.392. The Bertz CT molecular complexity index is 681. The molecule has 0 aliphatic carbocycles. The standard InChI is InChI=1S/C10H9ClN2O4S/c1-6-12-10(13-17-6)9-7(16-2)4-3-5-8(9)18(11,14)15/h3-5H,1-2H3. The molecule has 0 fully saturated rings. The summed E-state index contributed by atoms with van der Waals surface area (Å²) in [6, 6.07) is 4.46. The van der Waals surface area contributed by atoms with E-state index in [0.717, 1.165) is 0 Å². The van der Waals surface area contributed by atoms with Gasteiger partial charge >= 0.3 is 0 Å². The van der Waals surface area contributed by atoms with Crippen LogP contribution in [0.1, 0.15) is 5.89 Å². The van der Waals surface area contributed by atoms with Gasteiger partial charge in [0.2, 0.25) is 11.7 Å². The number of hydrogen-bond donors (Lipinski definition) is 0. The Hall–Kier alpha value is -1.60. The normalized spacial score (nSPS) is 11.5. The molecular weight excluding hydrogens is 280 g/mol. The number of aromatic nitrogens is 2. The topological polar surface area (TPSA) is 82.3 Å². The van der Waals surface area contributed by atoms with Crippen LogP contribution < -0.4 is 4.74 Å². The van der Waals surface area contributed by atoms with Crippen LogP contribution >= 0.6 is 10.7 Å². The second-order valence-electron chi connectivity index (χ2n) is 3.41. The van der Waals surface area contributed by atoms with Crippen molar-refractivity contribution in [2.24, 2.45) is 0 Å². The highest BCUT2D eigenvalue weighted by Gasteiger charge is 2.23. The van der Waals surface area contributed by atoms with Crippen LogP contribution in [0.2, 0.25) is 0 Å². The Morgan fingerprint density at radius 3 is 2.61 bits per heavy atom. The molecule has 0 amide bonds. The summed E-state index contributed by atoms with van der Waals surface area (Å²) in [5, 5.41) is 3.68. The van der Waals surface area contributed by atoms with E-state index >= 15 is 0 Å². The Morgan fingerprint density at radius 2 is 2.11 bits per heavy atom. The lowest BCUT2D eigenvalue weighted by atomic mass is 10.2. The maximum Gasteiger partial charge on any atom is 0.262 e. The summed E-state index contributed by atoms with van der Waals surface area (Å²) in [6.45, 7) is 1.60. The predicted octanol–water partition coefficient (Wildman–Crippen LogP) is 1.98. The molecule has 0 atom stereocenters. The zero-order valence-electron chi connectivity index (χ0n) is 9.55. The average molecular weight is 289 g/mol. The van der Waals surface area contributed by atoms with E-state index < -0.39 is 9.05 Å². The highest BCUT2D eigenvalue weighted by atomic mass is 35.7. The minimum Gasteiger partial charge on any atom is -0.496 e. The van der Waals surface area contributed by atoms with E-state index in [9.17, 15) is 8.42 Å². The molecule has 2 aromatic rings. The van der Waals surface area contributed by atoms with E-state index in [-0.39, 0.29) is 16.3 Å². The van der Waals surface area contributed by atoms with Crippen LogP contribution in [0.25, 0.3) is 11.4 Å². The molecule has 8 heteroatoms. The molecule has 0 aliphatic rings. The van der Waals surface area contributed by atoms with Crippen LogP contribution in [0.3, 0.4) is 0 Å². The molecule has 18 heavy (non-hydrogen) atoms. The SMILES string of the molecule is COc1cccc(S(=O)(=O)Cl)c1-c1noc(C)n1. The van der Waals surface area contributed by atoms with Gasteiger partial charge in [-0.1, -0.05) is 11.2 Å².